The highest BCUT2D eigenvalue weighted by molar-refractivity contribution is 9.07. The van der Waals surface area contributed by atoms with E-state index in [0.29, 0.717) is 12.0 Å². The number of nitrogens with zero attached hydrogens (tertiary/aromatic N) is 2. The first kappa shape index (κ1) is 9.46. The Hall–Kier alpha value is -0.0900. The summed E-state index contributed by atoms with van der Waals surface area (Å²) in [7, 11) is 0. The third-order valence-electron chi connectivity index (χ3n) is 3.14. The van der Waals surface area contributed by atoms with Gasteiger partial charge in [0.05, 0.1) is 0 Å². The van der Waals surface area contributed by atoms with Crippen molar-refractivity contribution in [3.05, 3.63) is 0 Å². The summed E-state index contributed by atoms with van der Waals surface area (Å²) in [5, 5.41) is 0. The quantitative estimate of drug-likeness (QED) is 0.601. The van der Waals surface area contributed by atoms with Gasteiger partial charge in [-0.25, -0.2) is 3.93 Å². The van der Waals surface area contributed by atoms with Crippen molar-refractivity contribution >= 4 is 22.1 Å². The Balaban J connectivity index is 2.09. The molecule has 0 aromatic heterocycles. The van der Waals surface area contributed by atoms with Crippen molar-refractivity contribution in [2.45, 2.75) is 25.8 Å². The number of piperidine rings is 1. The van der Waals surface area contributed by atoms with Crippen LogP contribution in [0.1, 0.15) is 19.8 Å². The second-order valence-electron chi connectivity index (χ2n) is 4.01. The van der Waals surface area contributed by atoms with Gasteiger partial charge in [0.1, 0.15) is 0 Å². The highest BCUT2D eigenvalue weighted by Crippen LogP contribution is 2.31. The van der Waals surface area contributed by atoms with Crippen molar-refractivity contribution in [1.29, 1.82) is 0 Å². The van der Waals surface area contributed by atoms with Crippen LogP contribution >= 0.6 is 16.1 Å². The minimum Gasteiger partial charge on any atom is -0.338 e. The fourth-order valence-electron chi connectivity index (χ4n) is 2.52. The van der Waals surface area contributed by atoms with Gasteiger partial charge in [0, 0.05) is 48.7 Å². The second-order valence-corrected chi connectivity index (χ2v) is 5.01. The van der Waals surface area contributed by atoms with Crippen LogP contribution in [0.2, 0.25) is 0 Å². The molecule has 0 spiro atoms. The van der Waals surface area contributed by atoms with E-state index in [-0.39, 0.29) is 5.91 Å². The maximum absolute atomic E-state index is 11.3. The summed E-state index contributed by atoms with van der Waals surface area (Å²) in [5.74, 6) is 0.925. The maximum Gasteiger partial charge on any atom is 0.219 e. The smallest absolute Gasteiger partial charge is 0.219 e. The summed E-state index contributed by atoms with van der Waals surface area (Å²) in [5.41, 5.74) is 0. The lowest BCUT2D eigenvalue weighted by atomic mass is 9.92. The van der Waals surface area contributed by atoms with Crippen LogP contribution in [0.15, 0.2) is 0 Å². The zero-order valence-electron chi connectivity index (χ0n) is 7.87. The number of halogens is 1. The third-order valence-corrected chi connectivity index (χ3v) is 3.72. The van der Waals surface area contributed by atoms with E-state index in [9.17, 15) is 4.79 Å². The zero-order chi connectivity index (χ0) is 9.42. The van der Waals surface area contributed by atoms with E-state index in [0.717, 1.165) is 19.6 Å². The van der Waals surface area contributed by atoms with Gasteiger partial charge < -0.3 is 4.90 Å². The standard InChI is InChI=1S/C9H15BrN2O/c1-7(13)12-4-2-3-8-5-11(10)6-9(8)12/h8-9H,2-6H2,1H3/t8-,9+/m1/s1. The summed E-state index contributed by atoms with van der Waals surface area (Å²) < 4.78 is 2.16. The largest absolute Gasteiger partial charge is 0.338 e. The molecule has 74 valence electrons. The van der Waals surface area contributed by atoms with Crippen molar-refractivity contribution in [3.63, 3.8) is 0 Å². The number of hydrogen-bond donors (Lipinski definition) is 0. The predicted octanol–water partition coefficient (Wildman–Crippen LogP) is 1.24. The summed E-state index contributed by atoms with van der Waals surface area (Å²) in [4.78, 5) is 13.4. The van der Waals surface area contributed by atoms with Gasteiger partial charge in [0.15, 0.2) is 0 Å². The Labute approximate surface area is 87.4 Å². The van der Waals surface area contributed by atoms with E-state index in [1.807, 2.05) is 4.90 Å². The highest BCUT2D eigenvalue weighted by atomic mass is 79.9. The van der Waals surface area contributed by atoms with Gasteiger partial charge >= 0.3 is 0 Å². The summed E-state index contributed by atoms with van der Waals surface area (Å²) in [6, 6.07) is 0.464. The topological polar surface area (TPSA) is 23.6 Å². The number of fused-ring (bicyclic) bond motifs is 1. The van der Waals surface area contributed by atoms with Gasteiger partial charge in [0.2, 0.25) is 5.91 Å². The van der Waals surface area contributed by atoms with Crippen molar-refractivity contribution in [2.75, 3.05) is 19.6 Å². The molecular formula is C9H15BrN2O. The molecule has 1 amide bonds. The monoisotopic (exact) mass is 246 g/mol. The van der Waals surface area contributed by atoms with E-state index in [4.69, 9.17) is 0 Å². The lowest BCUT2D eigenvalue weighted by Gasteiger charge is -2.36. The van der Waals surface area contributed by atoms with Crippen LogP contribution in [-0.2, 0) is 4.79 Å². The lowest BCUT2D eigenvalue weighted by molar-refractivity contribution is -0.133. The Morgan fingerprint density at radius 3 is 2.92 bits per heavy atom. The molecule has 13 heavy (non-hydrogen) atoms. The highest BCUT2D eigenvalue weighted by Gasteiger charge is 2.39. The van der Waals surface area contributed by atoms with E-state index in [1.165, 1.54) is 12.8 Å². The Bertz CT molecular complexity index is 222. The van der Waals surface area contributed by atoms with Gasteiger partial charge in [-0.05, 0) is 18.8 Å². The molecule has 0 bridgehead atoms. The number of hydrogen-bond acceptors (Lipinski definition) is 2. The fraction of sp³-hybridized carbons (Fsp3) is 0.889. The number of carbonyl (C=O) groups excluding carboxylic acids is 1. The predicted molar refractivity (Wildman–Crippen MR) is 54.4 cm³/mol. The van der Waals surface area contributed by atoms with Crippen LogP contribution in [0.5, 0.6) is 0 Å². The van der Waals surface area contributed by atoms with Crippen LogP contribution < -0.4 is 0 Å². The van der Waals surface area contributed by atoms with Crippen LogP contribution in [0.4, 0.5) is 0 Å². The van der Waals surface area contributed by atoms with E-state index in [1.54, 1.807) is 6.92 Å². The third kappa shape index (κ3) is 1.74. The first-order valence-electron chi connectivity index (χ1n) is 4.86. The first-order valence-corrected chi connectivity index (χ1v) is 5.57. The SMILES string of the molecule is CC(=O)N1CCC[C@@H]2CN(Br)C[C@@H]21. The van der Waals surface area contributed by atoms with E-state index < -0.39 is 0 Å². The van der Waals surface area contributed by atoms with Gasteiger partial charge in [-0.1, -0.05) is 0 Å². The average Bonchev–Trinajstić information content (AvgIpc) is 2.43. The molecule has 0 saturated carbocycles. The molecule has 2 aliphatic heterocycles. The molecule has 0 unspecified atom stereocenters. The van der Waals surface area contributed by atoms with Gasteiger partial charge in [-0.2, -0.15) is 0 Å². The Morgan fingerprint density at radius 1 is 1.46 bits per heavy atom. The molecule has 2 saturated heterocycles. The molecule has 2 heterocycles. The van der Waals surface area contributed by atoms with Gasteiger partial charge in [-0.3, -0.25) is 4.79 Å². The van der Waals surface area contributed by atoms with Crippen LogP contribution in [-0.4, -0.2) is 40.4 Å². The van der Waals surface area contributed by atoms with E-state index in [2.05, 4.69) is 20.1 Å². The lowest BCUT2D eigenvalue weighted by Crippen LogP contribution is -2.47. The number of carbonyl (C=O) groups is 1. The Morgan fingerprint density at radius 2 is 2.23 bits per heavy atom. The molecule has 2 fully saturated rings. The average molecular weight is 247 g/mol. The Kier molecular flexibility index (Phi) is 2.60. The minimum absolute atomic E-state index is 0.234. The normalized spacial score (nSPS) is 34.8. The molecule has 2 rings (SSSR count). The van der Waals surface area contributed by atoms with Crippen molar-refractivity contribution in [3.8, 4) is 0 Å². The van der Waals surface area contributed by atoms with Crippen molar-refractivity contribution in [1.82, 2.24) is 8.83 Å². The van der Waals surface area contributed by atoms with Crippen LogP contribution in [0, 0.1) is 5.92 Å². The number of amides is 1. The molecule has 0 aromatic rings. The molecule has 2 aliphatic rings. The molecule has 0 aliphatic carbocycles. The number of rotatable bonds is 0. The zero-order valence-corrected chi connectivity index (χ0v) is 9.46. The van der Waals surface area contributed by atoms with Crippen LogP contribution in [0.25, 0.3) is 0 Å². The van der Waals surface area contributed by atoms with Crippen molar-refractivity contribution < 1.29 is 4.79 Å². The van der Waals surface area contributed by atoms with Crippen LogP contribution in [0.3, 0.4) is 0 Å². The maximum atomic E-state index is 11.3. The first-order chi connectivity index (χ1) is 6.18. The summed E-state index contributed by atoms with van der Waals surface area (Å²) in [6.45, 7) is 4.72. The summed E-state index contributed by atoms with van der Waals surface area (Å²) >= 11 is 3.50. The van der Waals surface area contributed by atoms with Gasteiger partial charge in [-0.15, -0.1) is 0 Å². The van der Waals surface area contributed by atoms with Crippen molar-refractivity contribution in [2.24, 2.45) is 5.92 Å². The molecule has 2 atom stereocenters. The van der Waals surface area contributed by atoms with Gasteiger partial charge in [0.25, 0.3) is 0 Å². The molecule has 4 heteroatoms. The molecule has 0 aromatic carbocycles. The van der Waals surface area contributed by atoms with E-state index >= 15 is 0 Å². The molecule has 3 nitrogen and oxygen atoms in total. The number of likely N-dealkylation sites (tertiary alicyclic amines) is 1. The fourth-order valence-corrected chi connectivity index (χ4v) is 3.19. The molecular weight excluding hydrogens is 232 g/mol. The second kappa shape index (κ2) is 3.58. The molecule has 0 radical (unpaired) electrons. The minimum atomic E-state index is 0.234. The summed E-state index contributed by atoms with van der Waals surface area (Å²) in [6.07, 6.45) is 2.44. The molecule has 0 N–H and O–H groups in total.